The van der Waals surface area contributed by atoms with E-state index < -0.39 is 12.6 Å². The van der Waals surface area contributed by atoms with Crippen LogP contribution < -0.4 is 10.6 Å². The first-order valence-electron chi connectivity index (χ1n) is 6.57. The molecule has 0 rings (SSSR count). The van der Waals surface area contributed by atoms with Crippen LogP contribution in [0.4, 0.5) is 13.2 Å². The van der Waals surface area contributed by atoms with Crippen LogP contribution in [0.3, 0.4) is 0 Å². The third kappa shape index (κ3) is 13.3. The van der Waals surface area contributed by atoms with Crippen molar-refractivity contribution in [2.75, 3.05) is 33.4 Å². The first-order chi connectivity index (χ1) is 8.99. The summed E-state index contributed by atoms with van der Waals surface area (Å²) in [6, 6.07) is 0. The monoisotopic (exact) mass is 283 g/mol. The summed E-state index contributed by atoms with van der Waals surface area (Å²) in [5, 5.41) is 5.59. The highest BCUT2D eigenvalue weighted by Crippen LogP contribution is 2.17. The van der Waals surface area contributed by atoms with Gasteiger partial charge in [-0.2, -0.15) is 13.2 Å². The number of hydrogen-bond donors (Lipinski definition) is 2. The minimum absolute atomic E-state index is 0.154. The molecule has 0 fully saturated rings. The lowest BCUT2D eigenvalue weighted by atomic mass is 10.2. The number of hydrogen-bond acceptors (Lipinski definition) is 2. The van der Waals surface area contributed by atoms with Gasteiger partial charge in [0, 0.05) is 33.4 Å². The molecule has 0 aliphatic carbocycles. The van der Waals surface area contributed by atoms with E-state index in [1.807, 2.05) is 6.92 Å². The summed E-state index contributed by atoms with van der Waals surface area (Å²) in [5.41, 5.74) is 0. The van der Waals surface area contributed by atoms with E-state index in [1.54, 1.807) is 7.11 Å². The van der Waals surface area contributed by atoms with Crippen LogP contribution in [-0.2, 0) is 4.74 Å². The molecule has 0 aliphatic rings. The van der Waals surface area contributed by atoms with Crippen molar-refractivity contribution in [3.63, 3.8) is 0 Å². The van der Waals surface area contributed by atoms with Gasteiger partial charge in [-0.15, -0.1) is 0 Å². The van der Waals surface area contributed by atoms with Crippen molar-refractivity contribution in [3.05, 3.63) is 0 Å². The molecule has 0 heterocycles. The van der Waals surface area contributed by atoms with Gasteiger partial charge in [0.1, 0.15) is 0 Å². The van der Waals surface area contributed by atoms with Crippen molar-refractivity contribution in [1.29, 1.82) is 0 Å². The van der Waals surface area contributed by atoms with E-state index in [4.69, 9.17) is 4.74 Å². The van der Waals surface area contributed by atoms with E-state index in [9.17, 15) is 13.2 Å². The summed E-state index contributed by atoms with van der Waals surface area (Å²) in [5.74, 6) is 0.443. The fourth-order valence-corrected chi connectivity index (χ4v) is 1.39. The Labute approximate surface area is 112 Å². The third-order valence-electron chi connectivity index (χ3n) is 2.32. The summed E-state index contributed by atoms with van der Waals surface area (Å²) in [6.45, 7) is 3.68. The Kier molecular flexibility index (Phi) is 10.3. The molecule has 0 amide bonds. The van der Waals surface area contributed by atoms with Crippen LogP contribution in [0.1, 0.15) is 32.6 Å². The molecule has 0 bridgehead atoms. The Morgan fingerprint density at radius 3 is 2.47 bits per heavy atom. The molecule has 7 heteroatoms. The molecule has 0 aliphatic heterocycles. The average Bonchev–Trinajstić information content (AvgIpc) is 2.32. The fraction of sp³-hybridized carbons (Fsp3) is 0.917. The maximum absolute atomic E-state index is 12.0. The number of rotatable bonds is 9. The number of aliphatic imine (C=N–C) groups is 1. The van der Waals surface area contributed by atoms with Crippen molar-refractivity contribution in [2.45, 2.75) is 38.8 Å². The summed E-state index contributed by atoms with van der Waals surface area (Å²) >= 11 is 0. The molecule has 4 nitrogen and oxygen atoms in total. The highest BCUT2D eigenvalue weighted by atomic mass is 19.4. The minimum Gasteiger partial charge on any atom is -0.385 e. The number of halogens is 3. The predicted molar refractivity (Wildman–Crippen MR) is 70.4 cm³/mol. The largest absolute Gasteiger partial charge is 0.390 e. The van der Waals surface area contributed by atoms with Gasteiger partial charge in [0.15, 0.2) is 5.96 Å². The Bertz CT molecular complexity index is 245. The molecule has 2 N–H and O–H groups in total. The van der Waals surface area contributed by atoms with Crippen LogP contribution in [0.2, 0.25) is 0 Å². The van der Waals surface area contributed by atoms with E-state index in [-0.39, 0.29) is 6.54 Å². The second-order valence-corrected chi connectivity index (χ2v) is 4.11. The zero-order valence-corrected chi connectivity index (χ0v) is 11.6. The summed E-state index contributed by atoms with van der Waals surface area (Å²) < 4.78 is 40.9. The smallest absolute Gasteiger partial charge is 0.385 e. The van der Waals surface area contributed by atoms with Gasteiger partial charge in [-0.25, -0.2) is 0 Å². The van der Waals surface area contributed by atoms with Crippen molar-refractivity contribution >= 4 is 5.96 Å². The quantitative estimate of drug-likeness (QED) is 0.388. The Hall–Kier alpha value is -0.980. The van der Waals surface area contributed by atoms with E-state index in [2.05, 4.69) is 15.6 Å². The molecular formula is C12H24F3N3O. The number of methoxy groups -OCH3 is 1. The summed E-state index contributed by atoms with van der Waals surface area (Å²) in [6.07, 6.45) is -2.11. The van der Waals surface area contributed by atoms with E-state index in [1.165, 1.54) is 0 Å². The zero-order chi connectivity index (χ0) is 14.6. The van der Waals surface area contributed by atoms with Crippen LogP contribution in [-0.4, -0.2) is 45.5 Å². The van der Waals surface area contributed by atoms with Gasteiger partial charge in [0.05, 0.1) is 6.42 Å². The third-order valence-corrected chi connectivity index (χ3v) is 2.32. The maximum Gasteiger partial charge on any atom is 0.390 e. The molecule has 0 radical (unpaired) electrons. The first-order valence-corrected chi connectivity index (χ1v) is 6.57. The van der Waals surface area contributed by atoms with Crippen molar-refractivity contribution in [1.82, 2.24) is 10.6 Å². The Morgan fingerprint density at radius 2 is 1.89 bits per heavy atom. The van der Waals surface area contributed by atoms with Gasteiger partial charge < -0.3 is 15.4 Å². The van der Waals surface area contributed by atoms with Crippen LogP contribution in [0.5, 0.6) is 0 Å². The number of unbranched alkanes of at least 4 members (excludes halogenated alkanes) is 2. The molecule has 0 saturated heterocycles. The number of guanidine groups is 1. The van der Waals surface area contributed by atoms with E-state index >= 15 is 0 Å². The normalized spacial score (nSPS) is 12.6. The van der Waals surface area contributed by atoms with Gasteiger partial charge in [-0.05, 0) is 26.2 Å². The van der Waals surface area contributed by atoms with Crippen LogP contribution >= 0.6 is 0 Å². The lowest BCUT2D eigenvalue weighted by Crippen LogP contribution is -2.39. The number of alkyl halides is 3. The average molecular weight is 283 g/mol. The van der Waals surface area contributed by atoms with E-state index in [0.29, 0.717) is 19.0 Å². The minimum atomic E-state index is -4.13. The molecule has 0 saturated carbocycles. The second kappa shape index (κ2) is 10.9. The molecule has 19 heavy (non-hydrogen) atoms. The zero-order valence-electron chi connectivity index (χ0n) is 11.6. The summed E-state index contributed by atoms with van der Waals surface area (Å²) in [4.78, 5) is 4.22. The molecule has 0 aromatic heterocycles. The molecule has 114 valence electrons. The molecule has 0 aromatic carbocycles. The molecule has 0 unspecified atom stereocenters. The van der Waals surface area contributed by atoms with Crippen LogP contribution in [0, 0.1) is 0 Å². The number of nitrogens with one attached hydrogen (secondary N) is 2. The highest BCUT2D eigenvalue weighted by Gasteiger charge is 2.26. The molecule has 0 atom stereocenters. The Balaban J connectivity index is 3.82. The van der Waals surface area contributed by atoms with Gasteiger partial charge >= 0.3 is 6.18 Å². The second-order valence-electron chi connectivity index (χ2n) is 4.11. The topological polar surface area (TPSA) is 45.7 Å². The standard InChI is InChI=1S/C12H24F3N3O/c1-3-16-11(18-9-7-12(13,14)15)17-8-5-4-6-10-19-2/h3-10H2,1-2H3,(H2,16,17,18). The lowest BCUT2D eigenvalue weighted by molar-refractivity contribution is -0.132. The number of nitrogens with zero attached hydrogens (tertiary/aromatic N) is 1. The molecular weight excluding hydrogens is 259 g/mol. The van der Waals surface area contributed by atoms with E-state index in [0.717, 1.165) is 25.9 Å². The van der Waals surface area contributed by atoms with Gasteiger partial charge in [0.2, 0.25) is 0 Å². The van der Waals surface area contributed by atoms with Crippen LogP contribution in [0.15, 0.2) is 4.99 Å². The van der Waals surface area contributed by atoms with Crippen molar-refractivity contribution in [2.24, 2.45) is 4.99 Å². The predicted octanol–water partition coefficient (Wildman–Crippen LogP) is 2.31. The number of ether oxygens (including phenoxy) is 1. The van der Waals surface area contributed by atoms with Crippen LogP contribution in [0.25, 0.3) is 0 Å². The van der Waals surface area contributed by atoms with Gasteiger partial charge in [-0.1, -0.05) is 0 Å². The SMILES string of the molecule is CCNC(=NCCCCCOC)NCCC(F)(F)F. The first kappa shape index (κ1) is 18.0. The molecule has 0 spiro atoms. The van der Waals surface area contributed by atoms with Gasteiger partial charge in [-0.3, -0.25) is 4.99 Å². The molecule has 0 aromatic rings. The Morgan fingerprint density at radius 1 is 1.16 bits per heavy atom. The lowest BCUT2D eigenvalue weighted by Gasteiger charge is -2.12. The maximum atomic E-state index is 12.0. The van der Waals surface area contributed by atoms with Crippen molar-refractivity contribution in [3.8, 4) is 0 Å². The fourth-order valence-electron chi connectivity index (χ4n) is 1.39. The van der Waals surface area contributed by atoms with Gasteiger partial charge in [0.25, 0.3) is 0 Å². The van der Waals surface area contributed by atoms with Crippen molar-refractivity contribution < 1.29 is 17.9 Å². The highest BCUT2D eigenvalue weighted by molar-refractivity contribution is 5.79. The summed E-state index contributed by atoms with van der Waals surface area (Å²) in [7, 11) is 1.66.